The van der Waals surface area contributed by atoms with Crippen molar-refractivity contribution in [2.45, 2.75) is 50.7 Å². The van der Waals surface area contributed by atoms with Crippen LogP contribution in [0.4, 0.5) is 13.2 Å². The molecular weight excluding hydrogens is 357 g/mol. The molecule has 142 valence electrons. The van der Waals surface area contributed by atoms with Crippen LogP contribution in [-0.4, -0.2) is 25.4 Å². The van der Waals surface area contributed by atoms with Gasteiger partial charge in [0, 0.05) is 12.5 Å². The highest BCUT2D eigenvalue weighted by Gasteiger charge is 2.32. The van der Waals surface area contributed by atoms with E-state index in [1.807, 2.05) is 0 Å². The number of halogens is 3. The summed E-state index contributed by atoms with van der Waals surface area (Å²) in [4.78, 5) is 19.5. The van der Waals surface area contributed by atoms with Crippen molar-refractivity contribution >= 4 is 11.0 Å². The van der Waals surface area contributed by atoms with Gasteiger partial charge in [-0.15, -0.1) is 0 Å². The number of benzene rings is 1. The third-order valence-electron chi connectivity index (χ3n) is 5.15. The maximum absolute atomic E-state index is 14.1. The smallest absolute Gasteiger partial charge is 0.262 e. The molecule has 8 heteroatoms. The Morgan fingerprint density at radius 3 is 2.56 bits per heavy atom. The van der Waals surface area contributed by atoms with Crippen LogP contribution >= 0.6 is 0 Å². The fourth-order valence-corrected chi connectivity index (χ4v) is 3.69. The number of nitrogens with zero attached hydrogens (tertiary/aromatic N) is 3. The molecule has 0 bridgehead atoms. The third-order valence-corrected chi connectivity index (χ3v) is 5.15. The Labute approximate surface area is 153 Å². The van der Waals surface area contributed by atoms with Crippen LogP contribution in [0.1, 0.15) is 50.0 Å². The molecule has 1 aromatic carbocycles. The van der Waals surface area contributed by atoms with Crippen molar-refractivity contribution in [2.24, 2.45) is 0 Å². The fraction of sp³-hybridized carbons (Fsp3) is 0.421. The van der Waals surface area contributed by atoms with Gasteiger partial charge in [0.2, 0.25) is 0 Å². The van der Waals surface area contributed by atoms with Gasteiger partial charge >= 0.3 is 0 Å². The lowest BCUT2D eigenvalue weighted by Crippen LogP contribution is -2.28. The van der Waals surface area contributed by atoms with E-state index >= 15 is 0 Å². The Morgan fingerprint density at radius 2 is 1.89 bits per heavy atom. The summed E-state index contributed by atoms with van der Waals surface area (Å²) in [6, 6.07) is 3.17. The largest absolute Gasteiger partial charge is 0.310 e. The molecule has 0 aliphatic heterocycles. The molecule has 2 aromatic heterocycles. The number of hydrogen-bond acceptors (Lipinski definition) is 3. The maximum Gasteiger partial charge on any atom is 0.262 e. The highest BCUT2D eigenvalue weighted by molar-refractivity contribution is 5.73. The number of nitrogens with one attached hydrogen (secondary N) is 1. The minimum absolute atomic E-state index is 0.0277. The molecule has 0 amide bonds. The molecule has 27 heavy (non-hydrogen) atoms. The quantitative estimate of drug-likeness (QED) is 0.756. The summed E-state index contributed by atoms with van der Waals surface area (Å²) in [5, 5.41) is 4.64. The summed E-state index contributed by atoms with van der Waals surface area (Å²) >= 11 is 0. The second kappa shape index (κ2) is 6.51. The summed E-state index contributed by atoms with van der Waals surface area (Å²) in [5.74, 6) is -1.07. The van der Waals surface area contributed by atoms with Crippen LogP contribution in [0.2, 0.25) is 0 Å². The average molecular weight is 376 g/mol. The number of fused-ring (bicyclic) bond motifs is 1. The third kappa shape index (κ3) is 3.61. The molecule has 0 atom stereocenters. The van der Waals surface area contributed by atoms with Gasteiger partial charge in [-0.3, -0.25) is 4.79 Å². The minimum atomic E-state index is -1.17. The fourth-order valence-electron chi connectivity index (χ4n) is 3.69. The zero-order valence-electron chi connectivity index (χ0n) is 14.8. The van der Waals surface area contributed by atoms with Gasteiger partial charge < -0.3 is 4.98 Å². The number of rotatable bonds is 3. The van der Waals surface area contributed by atoms with Crippen LogP contribution in [-0.2, 0) is 6.42 Å². The molecule has 0 spiro atoms. The molecule has 1 aliphatic carbocycles. The standard InChI is InChI=1S/C19H19F3N4O/c1-19(22)4-2-14(3-5-19)26-17-15(10-23-26)18(27)25-16(24-17)8-11-6-12(20)9-13(21)7-11/h6-7,9-10,14H,2-5,8H2,1H3,(H,24,25,27). The van der Waals surface area contributed by atoms with Gasteiger partial charge in [0.25, 0.3) is 5.56 Å². The van der Waals surface area contributed by atoms with E-state index < -0.39 is 17.3 Å². The summed E-state index contributed by atoms with van der Waals surface area (Å²) in [6.45, 7) is 1.60. The zero-order chi connectivity index (χ0) is 19.2. The van der Waals surface area contributed by atoms with Crippen molar-refractivity contribution in [1.82, 2.24) is 19.7 Å². The summed E-state index contributed by atoms with van der Waals surface area (Å²) in [5.41, 5.74) is -0.744. The van der Waals surface area contributed by atoms with Crippen LogP contribution in [0, 0.1) is 11.6 Å². The highest BCUT2D eigenvalue weighted by Crippen LogP contribution is 2.37. The van der Waals surface area contributed by atoms with Gasteiger partial charge in [-0.1, -0.05) is 0 Å². The van der Waals surface area contributed by atoms with E-state index in [0.717, 1.165) is 6.07 Å². The number of hydrogen-bond donors (Lipinski definition) is 1. The lowest BCUT2D eigenvalue weighted by molar-refractivity contribution is 0.103. The first-order valence-electron chi connectivity index (χ1n) is 8.91. The van der Waals surface area contributed by atoms with Crippen LogP contribution in [0.5, 0.6) is 0 Å². The topological polar surface area (TPSA) is 63.6 Å². The summed E-state index contributed by atoms with van der Waals surface area (Å²) < 4.78 is 42.6. The molecule has 0 saturated heterocycles. The molecule has 1 saturated carbocycles. The van der Waals surface area contributed by atoms with Crippen LogP contribution < -0.4 is 5.56 Å². The molecule has 2 heterocycles. The maximum atomic E-state index is 14.1. The first kappa shape index (κ1) is 17.8. The van der Waals surface area contributed by atoms with Crippen LogP contribution in [0.15, 0.2) is 29.2 Å². The van der Waals surface area contributed by atoms with Gasteiger partial charge in [0.15, 0.2) is 5.65 Å². The summed E-state index contributed by atoms with van der Waals surface area (Å²) in [6.07, 6.45) is 3.62. The zero-order valence-corrected chi connectivity index (χ0v) is 14.8. The van der Waals surface area contributed by atoms with E-state index in [9.17, 15) is 18.0 Å². The Morgan fingerprint density at radius 1 is 1.22 bits per heavy atom. The second-order valence-electron chi connectivity index (χ2n) is 7.44. The Balaban J connectivity index is 1.69. The second-order valence-corrected chi connectivity index (χ2v) is 7.44. The highest BCUT2D eigenvalue weighted by atomic mass is 19.1. The van der Waals surface area contributed by atoms with Crippen molar-refractivity contribution in [3.05, 3.63) is 57.8 Å². The van der Waals surface area contributed by atoms with E-state index in [0.29, 0.717) is 48.1 Å². The normalized spacial score (nSPS) is 23.0. The molecule has 1 N–H and O–H groups in total. The van der Waals surface area contributed by atoms with Crippen LogP contribution in [0.3, 0.4) is 0 Å². The minimum Gasteiger partial charge on any atom is -0.310 e. The van der Waals surface area contributed by atoms with Gasteiger partial charge in [0.05, 0.1) is 12.2 Å². The molecule has 1 fully saturated rings. The Hall–Kier alpha value is -2.64. The predicted octanol–water partition coefficient (Wildman–Crippen LogP) is 3.83. The molecule has 0 unspecified atom stereocenters. The molecule has 0 radical (unpaired) electrons. The molecule has 4 rings (SSSR count). The lowest BCUT2D eigenvalue weighted by atomic mass is 9.85. The van der Waals surface area contributed by atoms with Gasteiger partial charge in [-0.25, -0.2) is 22.8 Å². The Kier molecular flexibility index (Phi) is 4.28. The van der Waals surface area contributed by atoms with Crippen LogP contribution in [0.25, 0.3) is 11.0 Å². The van der Waals surface area contributed by atoms with Crippen molar-refractivity contribution in [3.63, 3.8) is 0 Å². The van der Waals surface area contributed by atoms with E-state index in [2.05, 4.69) is 15.1 Å². The van der Waals surface area contributed by atoms with Gasteiger partial charge in [0.1, 0.15) is 28.5 Å². The van der Waals surface area contributed by atoms with E-state index in [4.69, 9.17) is 0 Å². The van der Waals surface area contributed by atoms with Gasteiger partial charge in [-0.05, 0) is 50.3 Å². The van der Waals surface area contributed by atoms with Gasteiger partial charge in [-0.2, -0.15) is 5.10 Å². The first-order chi connectivity index (χ1) is 12.8. The lowest BCUT2D eigenvalue weighted by Gasteiger charge is -2.31. The number of alkyl halides is 1. The number of aromatic amines is 1. The van der Waals surface area contributed by atoms with E-state index in [-0.39, 0.29) is 18.0 Å². The SMILES string of the molecule is CC1(F)CCC(n2ncc3c(=O)[nH]c(Cc4cc(F)cc(F)c4)nc32)CC1. The summed E-state index contributed by atoms with van der Waals surface area (Å²) in [7, 11) is 0. The first-order valence-corrected chi connectivity index (χ1v) is 8.91. The molecular formula is C19H19F3N4O. The molecule has 1 aliphatic rings. The monoisotopic (exact) mass is 376 g/mol. The van der Waals surface area contributed by atoms with Crippen molar-refractivity contribution in [2.75, 3.05) is 0 Å². The van der Waals surface area contributed by atoms with Crippen molar-refractivity contribution in [1.29, 1.82) is 0 Å². The number of H-pyrrole nitrogens is 1. The Bertz CT molecular complexity index is 1030. The van der Waals surface area contributed by atoms with E-state index in [1.54, 1.807) is 11.6 Å². The van der Waals surface area contributed by atoms with Crippen molar-refractivity contribution in [3.8, 4) is 0 Å². The molecule has 3 aromatic rings. The van der Waals surface area contributed by atoms with Crippen molar-refractivity contribution < 1.29 is 13.2 Å². The molecule has 5 nitrogen and oxygen atoms in total. The average Bonchev–Trinajstić information content (AvgIpc) is 2.98. The predicted molar refractivity (Wildman–Crippen MR) is 94.3 cm³/mol. The van der Waals surface area contributed by atoms with E-state index in [1.165, 1.54) is 18.3 Å². The number of aromatic nitrogens is 4.